The summed E-state index contributed by atoms with van der Waals surface area (Å²) in [7, 11) is 0. The molecule has 1 amide bonds. The van der Waals surface area contributed by atoms with Crippen molar-refractivity contribution in [3.63, 3.8) is 0 Å². The number of rotatable bonds is 3. The maximum atomic E-state index is 11.2. The highest BCUT2D eigenvalue weighted by Gasteiger charge is 2.15. The third-order valence-electron chi connectivity index (χ3n) is 3.04. The molecule has 1 heterocycles. The van der Waals surface area contributed by atoms with Crippen molar-refractivity contribution in [3.05, 3.63) is 59.4 Å². The molecule has 0 unspecified atom stereocenters. The molecule has 1 aromatic heterocycles. The van der Waals surface area contributed by atoms with E-state index in [9.17, 15) is 4.79 Å². The van der Waals surface area contributed by atoms with Crippen molar-refractivity contribution in [2.24, 2.45) is 0 Å². The van der Waals surface area contributed by atoms with Gasteiger partial charge in [0.05, 0.1) is 0 Å². The molecule has 0 radical (unpaired) electrons. The van der Waals surface area contributed by atoms with Crippen LogP contribution in [-0.4, -0.2) is 21.3 Å². The average Bonchev–Trinajstić information content (AvgIpc) is 3.05. The molecular weight excluding hydrogens is 306 g/mol. The molecule has 0 atom stereocenters. The van der Waals surface area contributed by atoms with Crippen LogP contribution in [0.5, 0.6) is 0 Å². The number of benzene rings is 2. The van der Waals surface area contributed by atoms with Crippen LogP contribution in [0.2, 0.25) is 5.02 Å². The Morgan fingerprint density at radius 3 is 2.41 bits per heavy atom. The molecule has 0 aliphatic heterocycles. The van der Waals surface area contributed by atoms with E-state index in [1.807, 2.05) is 36.4 Å². The van der Waals surface area contributed by atoms with Crippen LogP contribution in [0.4, 0.5) is 0 Å². The zero-order chi connectivity index (χ0) is 15.5. The Morgan fingerprint density at radius 2 is 1.73 bits per heavy atom. The molecule has 110 valence electrons. The van der Waals surface area contributed by atoms with E-state index in [0.717, 1.165) is 11.1 Å². The lowest BCUT2D eigenvalue weighted by Crippen LogP contribution is -2.18. The molecule has 0 aliphatic rings. The summed E-state index contributed by atoms with van der Waals surface area (Å²) in [6.07, 6.45) is 0. The first kappa shape index (κ1) is 14.2. The van der Waals surface area contributed by atoms with E-state index in [4.69, 9.17) is 21.2 Å². The molecule has 6 nitrogen and oxygen atoms in total. The molecule has 2 N–H and O–H groups in total. The Bertz CT molecular complexity index is 815. The highest BCUT2D eigenvalue weighted by Crippen LogP contribution is 2.29. The number of nitrogens with one attached hydrogen (secondary N) is 1. The third-order valence-corrected chi connectivity index (χ3v) is 3.37. The molecule has 0 saturated carbocycles. The lowest BCUT2D eigenvalue weighted by atomic mass is 10.0. The van der Waals surface area contributed by atoms with E-state index in [-0.39, 0.29) is 11.8 Å². The third kappa shape index (κ3) is 2.69. The quantitative estimate of drug-likeness (QED) is 0.572. The van der Waals surface area contributed by atoms with E-state index in [1.54, 1.807) is 12.1 Å². The van der Waals surface area contributed by atoms with Gasteiger partial charge in [-0.1, -0.05) is 41.9 Å². The van der Waals surface area contributed by atoms with Crippen LogP contribution in [0.3, 0.4) is 0 Å². The van der Waals surface area contributed by atoms with Gasteiger partial charge in [-0.05, 0) is 23.8 Å². The van der Waals surface area contributed by atoms with Gasteiger partial charge in [0.1, 0.15) is 0 Å². The molecule has 2 aromatic carbocycles. The summed E-state index contributed by atoms with van der Waals surface area (Å²) in [5, 5.41) is 16.5. The van der Waals surface area contributed by atoms with Gasteiger partial charge in [0.25, 0.3) is 0 Å². The summed E-state index contributed by atoms with van der Waals surface area (Å²) < 4.78 is 5.17. The van der Waals surface area contributed by atoms with E-state index in [2.05, 4.69) is 10.2 Å². The number of hydroxylamine groups is 1. The van der Waals surface area contributed by atoms with Crippen LogP contribution >= 0.6 is 11.6 Å². The Hall–Kier alpha value is -2.70. The number of aromatic nitrogens is 2. The van der Waals surface area contributed by atoms with Crippen molar-refractivity contribution in [1.29, 1.82) is 0 Å². The number of nitrogens with zero attached hydrogens (tertiary/aromatic N) is 2. The summed E-state index contributed by atoms with van der Waals surface area (Å²) in [6.45, 7) is 0. The van der Waals surface area contributed by atoms with Gasteiger partial charge in [-0.3, -0.25) is 10.0 Å². The molecule has 0 saturated heterocycles. The number of hydrogen-bond acceptors (Lipinski definition) is 5. The summed E-state index contributed by atoms with van der Waals surface area (Å²) in [4.78, 5) is 11.2. The predicted octanol–water partition coefficient (Wildman–Crippen LogP) is 3.18. The SMILES string of the molecule is O=C(NO)c1nnc(-c2ccc(-c3ccccc3Cl)cc2)o1. The lowest BCUT2D eigenvalue weighted by Gasteiger charge is -2.04. The minimum absolute atomic E-state index is 0.185. The minimum Gasteiger partial charge on any atom is -0.412 e. The van der Waals surface area contributed by atoms with Crippen molar-refractivity contribution in [1.82, 2.24) is 15.7 Å². The Morgan fingerprint density at radius 1 is 1.05 bits per heavy atom. The Kier molecular flexibility index (Phi) is 3.86. The Labute approximate surface area is 130 Å². The number of hydrogen-bond donors (Lipinski definition) is 2. The van der Waals surface area contributed by atoms with Crippen LogP contribution < -0.4 is 5.48 Å². The molecule has 0 spiro atoms. The molecule has 7 heteroatoms. The number of carbonyl (C=O) groups excluding carboxylic acids is 1. The van der Waals surface area contributed by atoms with Crippen molar-refractivity contribution in [2.75, 3.05) is 0 Å². The molecule has 0 fully saturated rings. The second-order valence-corrected chi connectivity index (χ2v) is 4.82. The first-order chi connectivity index (χ1) is 10.7. The van der Waals surface area contributed by atoms with Crippen molar-refractivity contribution in [2.45, 2.75) is 0 Å². The number of halogens is 1. The van der Waals surface area contributed by atoms with Gasteiger partial charge in [-0.15, -0.1) is 10.2 Å². The lowest BCUT2D eigenvalue weighted by molar-refractivity contribution is 0.0669. The molecule has 3 rings (SSSR count). The standard InChI is InChI=1S/C15H10ClN3O3/c16-12-4-2-1-3-11(12)9-5-7-10(8-6-9)14-17-18-15(22-14)13(20)19-21/h1-8,21H,(H,19,20). The average molecular weight is 316 g/mol. The fraction of sp³-hybridized carbons (Fsp3) is 0. The van der Waals surface area contributed by atoms with Gasteiger partial charge < -0.3 is 4.42 Å². The van der Waals surface area contributed by atoms with E-state index in [0.29, 0.717) is 10.6 Å². The van der Waals surface area contributed by atoms with Gasteiger partial charge >= 0.3 is 11.8 Å². The monoisotopic (exact) mass is 315 g/mol. The normalized spacial score (nSPS) is 10.5. The van der Waals surface area contributed by atoms with Crippen LogP contribution in [0.1, 0.15) is 10.7 Å². The minimum atomic E-state index is -0.855. The number of amides is 1. The van der Waals surface area contributed by atoms with Crippen LogP contribution in [-0.2, 0) is 0 Å². The van der Waals surface area contributed by atoms with Crippen molar-refractivity contribution in [3.8, 4) is 22.6 Å². The van der Waals surface area contributed by atoms with E-state index < -0.39 is 5.91 Å². The predicted molar refractivity (Wildman–Crippen MR) is 79.4 cm³/mol. The first-order valence-corrected chi connectivity index (χ1v) is 6.70. The largest absolute Gasteiger partial charge is 0.412 e. The van der Waals surface area contributed by atoms with E-state index >= 15 is 0 Å². The highest BCUT2D eigenvalue weighted by atomic mass is 35.5. The molecule has 3 aromatic rings. The van der Waals surface area contributed by atoms with Gasteiger partial charge in [0.15, 0.2) is 0 Å². The van der Waals surface area contributed by atoms with Gasteiger partial charge in [-0.2, -0.15) is 0 Å². The Balaban J connectivity index is 1.90. The fourth-order valence-corrected chi connectivity index (χ4v) is 2.21. The zero-order valence-electron chi connectivity index (χ0n) is 11.2. The van der Waals surface area contributed by atoms with Gasteiger partial charge in [-0.25, -0.2) is 5.48 Å². The van der Waals surface area contributed by atoms with Crippen molar-refractivity contribution < 1.29 is 14.4 Å². The molecule has 0 aliphatic carbocycles. The maximum absolute atomic E-state index is 11.2. The van der Waals surface area contributed by atoms with Gasteiger partial charge in [0.2, 0.25) is 5.89 Å². The summed E-state index contributed by atoms with van der Waals surface area (Å²) >= 11 is 6.16. The smallest absolute Gasteiger partial charge is 0.332 e. The van der Waals surface area contributed by atoms with Crippen LogP contribution in [0.15, 0.2) is 52.9 Å². The highest BCUT2D eigenvalue weighted by molar-refractivity contribution is 6.33. The molecular formula is C15H10ClN3O3. The topological polar surface area (TPSA) is 88.2 Å². The van der Waals surface area contributed by atoms with Crippen molar-refractivity contribution >= 4 is 17.5 Å². The zero-order valence-corrected chi connectivity index (χ0v) is 11.9. The maximum Gasteiger partial charge on any atom is 0.332 e. The summed E-state index contributed by atoms with van der Waals surface area (Å²) in [6, 6.07) is 14.8. The first-order valence-electron chi connectivity index (χ1n) is 6.32. The number of carbonyl (C=O) groups is 1. The van der Waals surface area contributed by atoms with Crippen LogP contribution in [0.25, 0.3) is 22.6 Å². The fourth-order valence-electron chi connectivity index (χ4n) is 1.97. The van der Waals surface area contributed by atoms with E-state index in [1.165, 1.54) is 5.48 Å². The second kappa shape index (κ2) is 5.97. The summed E-state index contributed by atoms with van der Waals surface area (Å²) in [5.41, 5.74) is 3.95. The van der Waals surface area contributed by atoms with Gasteiger partial charge in [0, 0.05) is 16.1 Å². The molecule has 22 heavy (non-hydrogen) atoms. The summed E-state index contributed by atoms with van der Waals surface area (Å²) in [5.74, 6) is -0.983. The van der Waals surface area contributed by atoms with Crippen LogP contribution in [0, 0.1) is 0 Å². The second-order valence-electron chi connectivity index (χ2n) is 4.41. The molecule has 0 bridgehead atoms.